The van der Waals surface area contributed by atoms with Crippen molar-refractivity contribution in [3.05, 3.63) is 60.7 Å². The molecule has 0 aliphatic heterocycles. The molecule has 0 bridgehead atoms. The van der Waals surface area contributed by atoms with Crippen LogP contribution in [0.5, 0.6) is 0 Å². The minimum absolute atomic E-state index is 0. The van der Waals surface area contributed by atoms with Crippen LogP contribution in [0.3, 0.4) is 0 Å². The van der Waals surface area contributed by atoms with Crippen LogP contribution in [0, 0.1) is 0 Å². The summed E-state index contributed by atoms with van der Waals surface area (Å²) in [6, 6.07) is 20.8. The Balaban J connectivity index is 0.000000646. The van der Waals surface area contributed by atoms with E-state index < -0.39 is 17.0 Å². The van der Waals surface area contributed by atoms with Crippen LogP contribution in [0.1, 0.15) is 20.8 Å². The standard InChI is InChI=1S/C18H10N2.C2H4O2.C2H6.CH4O3S.CH4O2S.H3N/c1-2-10-15-14(9-1)19-17-12-7-3-5-11-6-4-8-13(16(11)12)18(17)20-15;1-2(3)4;1-2;1-5-4-3-2;1-4(2)3;/h1-10H;1H3,(H,3,4);1-2H3;2H,1H3;1H3,(H,2,3);1H3/p-1. The van der Waals surface area contributed by atoms with Gasteiger partial charge in [-0.3, -0.25) is 9.00 Å². The molecular weight excluding hydrogens is 506 g/mol. The molecule has 36 heavy (non-hydrogen) atoms. The summed E-state index contributed by atoms with van der Waals surface area (Å²) in [5.41, 5.74) is 6.33. The van der Waals surface area contributed by atoms with Crippen molar-refractivity contribution in [2.45, 2.75) is 20.8 Å². The number of carbonyl (C=O) groups is 1. The van der Waals surface area contributed by atoms with Gasteiger partial charge in [0.15, 0.2) is 0 Å². The van der Waals surface area contributed by atoms with E-state index in [9.17, 15) is 0 Å². The van der Waals surface area contributed by atoms with E-state index in [0.29, 0.717) is 0 Å². The van der Waals surface area contributed by atoms with E-state index in [1.807, 2.05) is 38.1 Å². The first-order valence-corrected chi connectivity index (χ1v) is 12.9. The number of nitrogens with zero attached hydrogens (tertiary/aromatic N) is 2. The SMILES string of the molecule is CC.CC(=O)O.CS(=O)[O-].CSOOO.N.c1cc2c3c(cccc3c1)-c1nc3ccccc3nc1-2. The van der Waals surface area contributed by atoms with E-state index in [-0.39, 0.29) is 6.15 Å². The second-order valence-corrected chi connectivity index (χ2v) is 7.62. The van der Waals surface area contributed by atoms with Crippen molar-refractivity contribution >= 4 is 50.9 Å². The van der Waals surface area contributed by atoms with Crippen LogP contribution < -0.4 is 6.15 Å². The molecule has 0 amide bonds. The van der Waals surface area contributed by atoms with Gasteiger partial charge in [-0.25, -0.2) is 15.2 Å². The number of para-hydroxylation sites is 2. The first-order chi connectivity index (χ1) is 16.8. The Kier molecular flexibility index (Phi) is 16.0. The fraction of sp³-hybridized carbons (Fsp3) is 0.208. The number of hydrogen-bond donors (Lipinski definition) is 3. The quantitative estimate of drug-likeness (QED) is 0.106. The number of carboxylic acids is 1. The molecule has 1 heterocycles. The summed E-state index contributed by atoms with van der Waals surface area (Å²) in [5.74, 6) is -0.833. The monoisotopic (exact) mass is 536 g/mol. The van der Waals surface area contributed by atoms with Crippen LogP contribution in [-0.2, 0) is 25.2 Å². The largest absolute Gasteiger partial charge is 0.773 e. The molecule has 1 aromatic heterocycles. The number of rotatable bonds is 2. The highest BCUT2D eigenvalue weighted by atomic mass is 32.2. The molecule has 1 aliphatic carbocycles. The Morgan fingerprint density at radius 1 is 0.944 bits per heavy atom. The molecule has 1 atom stereocenters. The minimum Gasteiger partial charge on any atom is -0.773 e. The van der Waals surface area contributed by atoms with Gasteiger partial charge in [-0.2, -0.15) is 0 Å². The zero-order valence-electron chi connectivity index (χ0n) is 20.6. The summed E-state index contributed by atoms with van der Waals surface area (Å²) in [5, 5.41) is 20.4. The van der Waals surface area contributed by atoms with Gasteiger partial charge in [-0.15, -0.1) is 4.33 Å². The first kappa shape index (κ1) is 33.0. The summed E-state index contributed by atoms with van der Waals surface area (Å²) in [6.45, 7) is 5.08. The van der Waals surface area contributed by atoms with Crippen molar-refractivity contribution in [1.29, 1.82) is 0 Å². The van der Waals surface area contributed by atoms with Gasteiger partial charge >= 0.3 is 0 Å². The molecule has 0 saturated carbocycles. The molecular formula is C24H30N3O7S2-. The number of aliphatic carboxylic acids is 1. The third kappa shape index (κ3) is 9.59. The number of carboxylic acid groups (broad SMARTS) is 1. The molecule has 0 spiro atoms. The van der Waals surface area contributed by atoms with Gasteiger partial charge in [-0.1, -0.05) is 78.5 Å². The molecule has 12 heteroatoms. The second kappa shape index (κ2) is 17.5. The molecule has 10 nitrogen and oxygen atoms in total. The van der Waals surface area contributed by atoms with Gasteiger partial charge in [-0.05, 0) is 23.8 Å². The molecule has 0 radical (unpaired) electrons. The molecule has 1 unspecified atom stereocenters. The lowest BCUT2D eigenvalue weighted by Gasteiger charge is -2.02. The van der Waals surface area contributed by atoms with Crippen molar-refractivity contribution in [1.82, 2.24) is 16.1 Å². The third-order valence-corrected chi connectivity index (χ3v) is 4.28. The fourth-order valence-corrected chi connectivity index (χ4v) is 3.20. The van der Waals surface area contributed by atoms with Gasteiger partial charge in [0.25, 0.3) is 5.97 Å². The Morgan fingerprint density at radius 2 is 1.33 bits per heavy atom. The van der Waals surface area contributed by atoms with Crippen LogP contribution in [-0.4, -0.2) is 47.6 Å². The maximum Gasteiger partial charge on any atom is 0.300 e. The zero-order valence-corrected chi connectivity index (χ0v) is 22.3. The molecule has 4 aromatic rings. The van der Waals surface area contributed by atoms with Gasteiger partial charge in [0.05, 0.1) is 22.4 Å². The van der Waals surface area contributed by atoms with Crippen molar-refractivity contribution in [2.24, 2.45) is 0 Å². The van der Waals surface area contributed by atoms with Crippen LogP contribution in [0.25, 0.3) is 44.3 Å². The predicted octanol–water partition coefficient (Wildman–Crippen LogP) is 5.89. The number of benzene rings is 3. The van der Waals surface area contributed by atoms with Gasteiger partial charge in [0.2, 0.25) is 0 Å². The van der Waals surface area contributed by atoms with E-state index >= 15 is 0 Å². The van der Waals surface area contributed by atoms with Crippen LogP contribution in [0.4, 0.5) is 0 Å². The summed E-state index contributed by atoms with van der Waals surface area (Å²) in [7, 11) is 0. The van der Waals surface area contributed by atoms with Crippen LogP contribution >= 0.6 is 12.0 Å². The van der Waals surface area contributed by atoms with Crippen molar-refractivity contribution in [3.8, 4) is 22.5 Å². The topological polar surface area (TPSA) is 177 Å². The highest BCUT2D eigenvalue weighted by molar-refractivity contribution is 7.93. The molecule has 5 rings (SSSR count). The number of aromatic nitrogens is 2. The van der Waals surface area contributed by atoms with E-state index in [4.69, 9.17) is 33.9 Å². The molecule has 0 saturated heterocycles. The zero-order chi connectivity index (χ0) is 26.4. The Hall–Kier alpha value is -2.97. The van der Waals surface area contributed by atoms with E-state index in [0.717, 1.165) is 47.6 Å². The third-order valence-electron chi connectivity index (χ3n) is 4.08. The van der Waals surface area contributed by atoms with E-state index in [1.54, 1.807) is 6.26 Å². The lowest BCUT2D eigenvalue weighted by Crippen LogP contribution is -1.89. The Morgan fingerprint density at radius 3 is 1.64 bits per heavy atom. The van der Waals surface area contributed by atoms with Gasteiger partial charge < -0.3 is 15.8 Å². The highest BCUT2D eigenvalue weighted by Gasteiger charge is 2.23. The first-order valence-electron chi connectivity index (χ1n) is 10.3. The van der Waals surface area contributed by atoms with Crippen molar-refractivity contribution < 1.29 is 33.3 Å². The maximum atomic E-state index is 9.00. The second-order valence-electron chi connectivity index (χ2n) is 6.35. The number of fused-ring (bicyclic) bond motifs is 4. The van der Waals surface area contributed by atoms with Crippen molar-refractivity contribution in [2.75, 3.05) is 12.5 Å². The van der Waals surface area contributed by atoms with Crippen LogP contribution in [0.2, 0.25) is 0 Å². The van der Waals surface area contributed by atoms with Gasteiger partial charge in [0.1, 0.15) is 0 Å². The molecule has 1 aliphatic rings. The summed E-state index contributed by atoms with van der Waals surface area (Å²) in [6.07, 6.45) is 2.70. The Bertz CT molecular complexity index is 1170. The average Bonchev–Trinajstić information content (AvgIpc) is 3.14. The Labute approximate surface area is 216 Å². The highest BCUT2D eigenvalue weighted by Crippen LogP contribution is 2.45. The average molecular weight is 537 g/mol. The van der Waals surface area contributed by atoms with Crippen molar-refractivity contribution in [3.63, 3.8) is 0 Å². The maximum absolute atomic E-state index is 9.00. The van der Waals surface area contributed by atoms with Gasteiger partial charge in [0, 0.05) is 41.7 Å². The summed E-state index contributed by atoms with van der Waals surface area (Å²) < 4.78 is 21.8. The summed E-state index contributed by atoms with van der Waals surface area (Å²) >= 11 is -0.932. The minimum atomic E-state index is -1.86. The number of hydrogen-bond acceptors (Lipinski definition) is 10. The lowest BCUT2D eigenvalue weighted by molar-refractivity contribution is -0.432. The van der Waals surface area contributed by atoms with E-state index in [2.05, 4.69) is 45.8 Å². The summed E-state index contributed by atoms with van der Waals surface area (Å²) in [4.78, 5) is 18.7. The predicted molar refractivity (Wildman–Crippen MR) is 144 cm³/mol. The lowest BCUT2D eigenvalue weighted by atomic mass is 10.0. The van der Waals surface area contributed by atoms with Crippen LogP contribution in [0.15, 0.2) is 60.7 Å². The molecule has 5 N–H and O–H groups in total. The fourth-order valence-electron chi connectivity index (χ4n) is 3.14. The van der Waals surface area contributed by atoms with E-state index in [1.165, 1.54) is 21.9 Å². The normalized spacial score (nSPS) is 10.4. The molecule has 0 fully saturated rings. The molecule has 196 valence electrons. The molecule has 3 aromatic carbocycles. The smallest absolute Gasteiger partial charge is 0.300 e.